The minimum Gasteiger partial charge on any atom is -0.480 e. The first-order chi connectivity index (χ1) is 11.9. The van der Waals surface area contributed by atoms with Crippen molar-refractivity contribution in [3.8, 4) is 0 Å². The number of rotatable bonds is 5. The summed E-state index contributed by atoms with van der Waals surface area (Å²) in [6, 6.07) is 8.45. The summed E-state index contributed by atoms with van der Waals surface area (Å²) in [4.78, 5) is 26.7. The lowest BCUT2D eigenvalue weighted by molar-refractivity contribution is -0.139. The maximum atomic E-state index is 13.2. The van der Waals surface area contributed by atoms with Gasteiger partial charge in [-0.2, -0.15) is 0 Å². The maximum Gasteiger partial charge on any atom is 0.326 e. The molecule has 0 unspecified atom stereocenters. The number of fused-ring (bicyclic) bond motifs is 1. The molecule has 3 N–H and O–H groups in total. The fourth-order valence-corrected chi connectivity index (χ4v) is 2.65. The molecule has 0 aliphatic rings. The summed E-state index contributed by atoms with van der Waals surface area (Å²) in [7, 11) is 0. The summed E-state index contributed by atoms with van der Waals surface area (Å²) in [6.45, 7) is 0. The van der Waals surface area contributed by atoms with E-state index < -0.39 is 29.6 Å². The Labute approximate surface area is 141 Å². The molecule has 0 saturated carbocycles. The van der Waals surface area contributed by atoms with E-state index in [1.165, 1.54) is 0 Å². The van der Waals surface area contributed by atoms with Crippen molar-refractivity contribution >= 4 is 22.8 Å². The molecule has 3 rings (SSSR count). The standard InChI is InChI=1S/C18H14F2N2O3/c19-12-5-10(6-13(20)8-12)17(23)22-16(18(24)25)7-11-9-21-15-4-2-1-3-14(11)15/h1-6,8-9,16,21H,7H2,(H,22,23)(H,24,25)/t16-/m1/s1. The smallest absolute Gasteiger partial charge is 0.326 e. The lowest BCUT2D eigenvalue weighted by atomic mass is 10.0. The number of aromatic nitrogens is 1. The van der Waals surface area contributed by atoms with Gasteiger partial charge in [-0.3, -0.25) is 4.79 Å². The van der Waals surface area contributed by atoms with Crippen LogP contribution in [0.4, 0.5) is 8.78 Å². The first-order valence-corrected chi connectivity index (χ1v) is 7.49. The van der Waals surface area contributed by atoms with Crippen LogP contribution in [0, 0.1) is 11.6 Å². The molecule has 0 spiro atoms. The van der Waals surface area contributed by atoms with Crippen LogP contribution in [0.25, 0.3) is 10.9 Å². The average Bonchev–Trinajstić information content (AvgIpc) is 2.96. The third-order valence-corrected chi connectivity index (χ3v) is 3.83. The molecule has 5 nitrogen and oxygen atoms in total. The molecule has 0 saturated heterocycles. The predicted octanol–water partition coefficient (Wildman–Crippen LogP) is 2.87. The Bertz CT molecular complexity index is 932. The first kappa shape index (κ1) is 16.6. The number of halogens is 2. The second-order valence-electron chi connectivity index (χ2n) is 5.59. The lowest BCUT2D eigenvalue weighted by Crippen LogP contribution is -2.42. The number of hydrogen-bond acceptors (Lipinski definition) is 2. The second kappa shape index (κ2) is 6.72. The van der Waals surface area contributed by atoms with E-state index in [0.29, 0.717) is 11.6 Å². The van der Waals surface area contributed by atoms with Crippen molar-refractivity contribution < 1.29 is 23.5 Å². The van der Waals surface area contributed by atoms with Crippen molar-refractivity contribution in [2.75, 3.05) is 0 Å². The van der Waals surface area contributed by atoms with Gasteiger partial charge >= 0.3 is 5.97 Å². The largest absolute Gasteiger partial charge is 0.480 e. The van der Waals surface area contributed by atoms with Gasteiger partial charge in [0, 0.05) is 35.2 Å². The van der Waals surface area contributed by atoms with E-state index in [9.17, 15) is 23.5 Å². The van der Waals surface area contributed by atoms with E-state index in [-0.39, 0.29) is 12.0 Å². The fraction of sp³-hybridized carbons (Fsp3) is 0.111. The molecular formula is C18H14F2N2O3. The monoisotopic (exact) mass is 344 g/mol. The molecule has 1 atom stereocenters. The van der Waals surface area contributed by atoms with Gasteiger partial charge in [-0.15, -0.1) is 0 Å². The molecule has 0 fully saturated rings. The molecule has 0 aliphatic carbocycles. The van der Waals surface area contributed by atoms with Crippen LogP contribution in [0.5, 0.6) is 0 Å². The number of carbonyl (C=O) groups is 2. The molecule has 1 heterocycles. The number of H-pyrrole nitrogens is 1. The fourth-order valence-electron chi connectivity index (χ4n) is 2.65. The predicted molar refractivity (Wildman–Crippen MR) is 87.3 cm³/mol. The summed E-state index contributed by atoms with van der Waals surface area (Å²) in [5.41, 5.74) is 1.29. The Hall–Kier alpha value is -3.22. The number of nitrogens with one attached hydrogen (secondary N) is 2. The van der Waals surface area contributed by atoms with Crippen LogP contribution in [0.15, 0.2) is 48.7 Å². The molecule has 0 aliphatic heterocycles. The van der Waals surface area contributed by atoms with Crippen LogP contribution in [0.2, 0.25) is 0 Å². The number of carbonyl (C=O) groups excluding carboxylic acids is 1. The Morgan fingerprint density at radius 3 is 2.48 bits per heavy atom. The zero-order valence-electron chi connectivity index (χ0n) is 12.9. The topological polar surface area (TPSA) is 82.2 Å². The number of para-hydroxylation sites is 1. The lowest BCUT2D eigenvalue weighted by Gasteiger charge is -2.14. The van der Waals surface area contributed by atoms with Crippen molar-refractivity contribution in [1.82, 2.24) is 10.3 Å². The number of benzene rings is 2. The minimum atomic E-state index is -1.24. The number of hydrogen-bond donors (Lipinski definition) is 3. The number of aliphatic carboxylic acids is 1. The van der Waals surface area contributed by atoms with Crippen molar-refractivity contribution in [3.63, 3.8) is 0 Å². The molecule has 3 aromatic rings. The van der Waals surface area contributed by atoms with Crippen LogP contribution in [-0.4, -0.2) is 28.0 Å². The zero-order valence-corrected chi connectivity index (χ0v) is 12.9. The SMILES string of the molecule is O=C(N[C@H](Cc1c[nH]c2ccccc12)C(=O)O)c1cc(F)cc(F)c1. The quantitative estimate of drug-likeness (QED) is 0.666. The van der Waals surface area contributed by atoms with Crippen LogP contribution < -0.4 is 5.32 Å². The minimum absolute atomic E-state index is 0.0306. The van der Waals surface area contributed by atoms with E-state index in [4.69, 9.17) is 0 Å². The second-order valence-corrected chi connectivity index (χ2v) is 5.59. The molecule has 0 radical (unpaired) electrons. The Morgan fingerprint density at radius 2 is 1.80 bits per heavy atom. The highest BCUT2D eigenvalue weighted by Crippen LogP contribution is 2.19. The molecule has 0 bridgehead atoms. The molecule has 1 aromatic heterocycles. The van der Waals surface area contributed by atoms with E-state index in [2.05, 4.69) is 10.3 Å². The molecule has 1 amide bonds. The van der Waals surface area contributed by atoms with E-state index in [1.807, 2.05) is 24.3 Å². The van der Waals surface area contributed by atoms with Crippen molar-refractivity contribution in [2.24, 2.45) is 0 Å². The molecule has 7 heteroatoms. The third-order valence-electron chi connectivity index (χ3n) is 3.83. The summed E-state index contributed by atoms with van der Waals surface area (Å²) in [6.07, 6.45) is 1.71. The number of aromatic amines is 1. The number of carboxylic acids is 1. The highest BCUT2D eigenvalue weighted by atomic mass is 19.1. The Balaban J connectivity index is 1.82. The zero-order chi connectivity index (χ0) is 18.0. The molecular weight excluding hydrogens is 330 g/mol. The Morgan fingerprint density at radius 1 is 1.12 bits per heavy atom. The van der Waals surface area contributed by atoms with Crippen LogP contribution in [-0.2, 0) is 11.2 Å². The average molecular weight is 344 g/mol. The van der Waals surface area contributed by atoms with Crippen LogP contribution in [0.3, 0.4) is 0 Å². The van der Waals surface area contributed by atoms with Crippen molar-refractivity contribution in [2.45, 2.75) is 12.5 Å². The van der Waals surface area contributed by atoms with Gasteiger partial charge in [-0.25, -0.2) is 13.6 Å². The third kappa shape index (κ3) is 3.65. The van der Waals surface area contributed by atoms with E-state index in [0.717, 1.165) is 23.0 Å². The van der Waals surface area contributed by atoms with E-state index >= 15 is 0 Å². The normalized spacial score (nSPS) is 12.1. The number of carboxylic acid groups (broad SMARTS) is 1. The van der Waals surface area contributed by atoms with Gasteiger partial charge < -0.3 is 15.4 Å². The van der Waals surface area contributed by atoms with Gasteiger partial charge in [-0.05, 0) is 23.8 Å². The van der Waals surface area contributed by atoms with E-state index in [1.54, 1.807) is 6.20 Å². The molecule has 25 heavy (non-hydrogen) atoms. The van der Waals surface area contributed by atoms with Gasteiger partial charge in [0.05, 0.1) is 0 Å². The first-order valence-electron chi connectivity index (χ1n) is 7.49. The summed E-state index contributed by atoms with van der Waals surface area (Å²) in [5, 5.41) is 12.5. The highest BCUT2D eigenvalue weighted by Gasteiger charge is 2.23. The van der Waals surface area contributed by atoms with Gasteiger partial charge in [0.2, 0.25) is 0 Å². The van der Waals surface area contributed by atoms with Gasteiger partial charge in [0.15, 0.2) is 0 Å². The maximum absolute atomic E-state index is 13.2. The van der Waals surface area contributed by atoms with Gasteiger partial charge in [0.1, 0.15) is 17.7 Å². The van der Waals surface area contributed by atoms with Crippen LogP contribution >= 0.6 is 0 Å². The summed E-state index contributed by atoms with van der Waals surface area (Å²) < 4.78 is 26.4. The van der Waals surface area contributed by atoms with Crippen molar-refractivity contribution in [1.29, 1.82) is 0 Å². The van der Waals surface area contributed by atoms with Gasteiger partial charge in [-0.1, -0.05) is 18.2 Å². The van der Waals surface area contributed by atoms with Crippen molar-refractivity contribution in [3.05, 3.63) is 71.4 Å². The highest BCUT2D eigenvalue weighted by molar-refractivity contribution is 5.96. The molecule has 2 aromatic carbocycles. The summed E-state index contributed by atoms with van der Waals surface area (Å²) >= 11 is 0. The Kier molecular flexibility index (Phi) is 4.47. The van der Waals surface area contributed by atoms with Crippen LogP contribution in [0.1, 0.15) is 15.9 Å². The summed E-state index contributed by atoms with van der Waals surface area (Å²) in [5.74, 6) is -3.91. The number of amides is 1. The van der Waals surface area contributed by atoms with Gasteiger partial charge in [0.25, 0.3) is 5.91 Å². The molecule has 128 valence electrons.